The van der Waals surface area contributed by atoms with Crippen molar-refractivity contribution in [3.63, 3.8) is 0 Å². The number of nitrogens with one attached hydrogen (secondary N) is 2. The molecule has 0 saturated heterocycles. The van der Waals surface area contributed by atoms with Crippen LogP contribution in [-0.2, 0) is 6.54 Å². The molecule has 2 aromatic carbocycles. The molecule has 0 spiro atoms. The van der Waals surface area contributed by atoms with Crippen LogP contribution < -0.4 is 25.8 Å². The van der Waals surface area contributed by atoms with E-state index in [0.717, 1.165) is 23.5 Å². The molecule has 0 saturated carbocycles. The number of primary amides is 1. The molecule has 9 heteroatoms. The maximum Gasteiger partial charge on any atom is 0.316 e. The van der Waals surface area contributed by atoms with Crippen molar-refractivity contribution in [1.82, 2.24) is 15.1 Å². The third-order valence-corrected chi connectivity index (χ3v) is 4.37. The highest BCUT2D eigenvalue weighted by atomic mass is 16.5. The van der Waals surface area contributed by atoms with Gasteiger partial charge >= 0.3 is 6.03 Å². The number of nitrogens with two attached hydrogens (primary N) is 1. The molecule has 3 amide bonds. The van der Waals surface area contributed by atoms with Gasteiger partial charge in [0.05, 0.1) is 31.3 Å². The summed E-state index contributed by atoms with van der Waals surface area (Å²) in [7, 11) is 1.59. The Labute approximate surface area is 180 Å². The van der Waals surface area contributed by atoms with E-state index in [9.17, 15) is 9.59 Å². The highest BCUT2D eigenvalue weighted by molar-refractivity contribution is 6.01. The Hall–Kier alpha value is -4.01. The van der Waals surface area contributed by atoms with E-state index in [1.165, 1.54) is 10.9 Å². The van der Waals surface area contributed by atoms with E-state index >= 15 is 0 Å². The van der Waals surface area contributed by atoms with Crippen molar-refractivity contribution in [2.75, 3.05) is 19.0 Å². The fourth-order valence-corrected chi connectivity index (χ4v) is 2.82. The SMILES string of the molecule is CCCOc1ccc(-n2cc(NC(N)=O)c(C(=O)NCc3ccc(OC)cc3)n2)cc1. The molecule has 0 atom stereocenters. The van der Waals surface area contributed by atoms with Gasteiger partial charge in [0.25, 0.3) is 5.91 Å². The lowest BCUT2D eigenvalue weighted by molar-refractivity contribution is 0.0946. The summed E-state index contributed by atoms with van der Waals surface area (Å²) < 4.78 is 12.2. The number of ether oxygens (including phenoxy) is 2. The predicted molar refractivity (Wildman–Crippen MR) is 117 cm³/mol. The zero-order valence-electron chi connectivity index (χ0n) is 17.4. The Morgan fingerprint density at radius 3 is 2.35 bits per heavy atom. The summed E-state index contributed by atoms with van der Waals surface area (Å²) in [4.78, 5) is 24.1. The zero-order chi connectivity index (χ0) is 22.2. The first-order chi connectivity index (χ1) is 15.0. The van der Waals surface area contributed by atoms with E-state index < -0.39 is 11.9 Å². The number of aromatic nitrogens is 2. The Morgan fingerprint density at radius 2 is 1.74 bits per heavy atom. The van der Waals surface area contributed by atoms with Crippen LogP contribution in [0.4, 0.5) is 10.5 Å². The Morgan fingerprint density at radius 1 is 1.06 bits per heavy atom. The third-order valence-electron chi connectivity index (χ3n) is 4.37. The lowest BCUT2D eigenvalue weighted by atomic mass is 10.2. The normalized spacial score (nSPS) is 10.4. The molecule has 9 nitrogen and oxygen atoms in total. The first-order valence-electron chi connectivity index (χ1n) is 9.80. The van der Waals surface area contributed by atoms with Gasteiger partial charge in [-0.2, -0.15) is 5.10 Å². The van der Waals surface area contributed by atoms with Crippen LogP contribution in [0.5, 0.6) is 11.5 Å². The number of rotatable bonds is 9. The molecular weight excluding hydrogens is 398 g/mol. The van der Waals surface area contributed by atoms with Crippen LogP contribution in [0.3, 0.4) is 0 Å². The summed E-state index contributed by atoms with van der Waals surface area (Å²) in [5, 5.41) is 9.58. The maximum atomic E-state index is 12.7. The van der Waals surface area contributed by atoms with E-state index in [2.05, 4.69) is 15.7 Å². The molecule has 3 aromatic rings. The van der Waals surface area contributed by atoms with Crippen molar-refractivity contribution in [2.45, 2.75) is 19.9 Å². The number of anilines is 1. The van der Waals surface area contributed by atoms with Gasteiger partial charge in [0.2, 0.25) is 0 Å². The molecule has 0 aliphatic heterocycles. The third kappa shape index (κ3) is 5.75. The van der Waals surface area contributed by atoms with Crippen LogP contribution in [0.1, 0.15) is 29.4 Å². The smallest absolute Gasteiger partial charge is 0.316 e. The topological polar surface area (TPSA) is 120 Å². The van der Waals surface area contributed by atoms with Crippen molar-refractivity contribution >= 4 is 17.6 Å². The Balaban J connectivity index is 1.77. The fraction of sp³-hybridized carbons (Fsp3) is 0.227. The minimum absolute atomic E-state index is 0.0543. The van der Waals surface area contributed by atoms with Gasteiger partial charge in [0, 0.05) is 6.54 Å². The standard InChI is InChI=1S/C22H25N5O4/c1-3-12-31-18-10-6-16(7-11-18)27-14-19(25-22(23)29)20(26-27)21(28)24-13-15-4-8-17(30-2)9-5-15/h4-11,14H,3,12-13H2,1-2H3,(H,24,28)(H3,23,25,29). The number of benzene rings is 2. The summed E-state index contributed by atoms with van der Waals surface area (Å²) in [6.07, 6.45) is 2.45. The summed E-state index contributed by atoms with van der Waals surface area (Å²) in [5.74, 6) is 1.03. The number of urea groups is 1. The van der Waals surface area contributed by atoms with Gasteiger partial charge in [-0.15, -0.1) is 0 Å². The first kappa shape index (κ1) is 21.7. The summed E-state index contributed by atoms with van der Waals surface area (Å²) in [5.41, 5.74) is 7.11. The number of nitrogens with zero attached hydrogens (tertiary/aromatic N) is 2. The predicted octanol–water partition coefficient (Wildman–Crippen LogP) is 3.09. The molecule has 162 valence electrons. The molecule has 0 radical (unpaired) electrons. The first-order valence-corrected chi connectivity index (χ1v) is 9.80. The minimum atomic E-state index is -0.785. The van der Waals surface area contributed by atoms with Gasteiger partial charge in [-0.1, -0.05) is 19.1 Å². The van der Waals surface area contributed by atoms with Gasteiger partial charge in [0.1, 0.15) is 11.5 Å². The summed E-state index contributed by atoms with van der Waals surface area (Å²) in [6.45, 7) is 2.95. The molecule has 1 heterocycles. The van der Waals surface area contributed by atoms with Crippen LogP contribution in [0.25, 0.3) is 5.69 Å². The highest BCUT2D eigenvalue weighted by Crippen LogP contribution is 2.20. The van der Waals surface area contributed by atoms with Gasteiger partial charge < -0.3 is 25.8 Å². The second-order valence-electron chi connectivity index (χ2n) is 6.70. The van der Waals surface area contributed by atoms with Crippen LogP contribution in [0.2, 0.25) is 0 Å². The van der Waals surface area contributed by atoms with Crippen molar-refractivity contribution in [3.8, 4) is 17.2 Å². The van der Waals surface area contributed by atoms with Gasteiger partial charge in [-0.05, 0) is 48.4 Å². The van der Waals surface area contributed by atoms with Gasteiger partial charge in [-0.3, -0.25) is 4.79 Å². The van der Waals surface area contributed by atoms with E-state index in [4.69, 9.17) is 15.2 Å². The van der Waals surface area contributed by atoms with Crippen LogP contribution in [-0.4, -0.2) is 35.4 Å². The lowest BCUT2D eigenvalue weighted by Crippen LogP contribution is -2.26. The molecule has 0 unspecified atom stereocenters. The average molecular weight is 423 g/mol. The molecule has 3 rings (SSSR count). The van der Waals surface area contributed by atoms with E-state index in [0.29, 0.717) is 12.3 Å². The molecule has 0 aliphatic carbocycles. The van der Waals surface area contributed by atoms with Crippen molar-refractivity contribution in [3.05, 3.63) is 66.0 Å². The van der Waals surface area contributed by atoms with Crippen molar-refractivity contribution in [2.24, 2.45) is 5.73 Å². The van der Waals surface area contributed by atoms with Crippen LogP contribution >= 0.6 is 0 Å². The number of hydrogen-bond acceptors (Lipinski definition) is 5. The zero-order valence-corrected chi connectivity index (χ0v) is 17.4. The number of methoxy groups -OCH3 is 1. The quantitative estimate of drug-likeness (QED) is 0.488. The van der Waals surface area contributed by atoms with E-state index in [1.807, 2.05) is 55.5 Å². The molecule has 0 aliphatic rings. The van der Waals surface area contributed by atoms with E-state index in [1.54, 1.807) is 7.11 Å². The maximum absolute atomic E-state index is 12.7. The number of carbonyl (C=O) groups is 2. The van der Waals surface area contributed by atoms with Crippen molar-refractivity contribution < 1.29 is 19.1 Å². The fourth-order valence-electron chi connectivity index (χ4n) is 2.82. The number of carbonyl (C=O) groups excluding carboxylic acids is 2. The second kappa shape index (κ2) is 10.1. The minimum Gasteiger partial charge on any atom is -0.497 e. The van der Waals surface area contributed by atoms with Gasteiger partial charge in [0.15, 0.2) is 5.69 Å². The molecular formula is C22H25N5O4. The Kier molecular flexibility index (Phi) is 7.10. The number of amides is 3. The van der Waals surface area contributed by atoms with Crippen LogP contribution in [0.15, 0.2) is 54.7 Å². The lowest BCUT2D eigenvalue weighted by Gasteiger charge is -2.07. The van der Waals surface area contributed by atoms with E-state index in [-0.39, 0.29) is 17.9 Å². The monoisotopic (exact) mass is 423 g/mol. The molecule has 31 heavy (non-hydrogen) atoms. The van der Waals surface area contributed by atoms with Crippen LogP contribution in [0, 0.1) is 0 Å². The van der Waals surface area contributed by atoms with Crippen molar-refractivity contribution in [1.29, 1.82) is 0 Å². The second-order valence-corrected chi connectivity index (χ2v) is 6.70. The summed E-state index contributed by atoms with van der Waals surface area (Å²) >= 11 is 0. The highest BCUT2D eigenvalue weighted by Gasteiger charge is 2.18. The largest absolute Gasteiger partial charge is 0.497 e. The molecule has 4 N–H and O–H groups in total. The van der Waals surface area contributed by atoms with Gasteiger partial charge in [-0.25, -0.2) is 9.48 Å². The molecule has 0 fully saturated rings. The molecule has 0 bridgehead atoms. The Bertz CT molecular complexity index is 1030. The number of hydrogen-bond donors (Lipinski definition) is 3. The molecule has 1 aromatic heterocycles. The average Bonchev–Trinajstić information content (AvgIpc) is 3.20. The summed E-state index contributed by atoms with van der Waals surface area (Å²) in [6, 6.07) is 13.8.